The molecule has 1 heterocycles. The second-order valence-corrected chi connectivity index (χ2v) is 6.10. The third-order valence-corrected chi connectivity index (χ3v) is 3.95. The lowest BCUT2D eigenvalue weighted by atomic mass is 10.2. The van der Waals surface area contributed by atoms with Crippen LogP contribution >= 0.6 is 15.9 Å². The number of halogens is 1. The number of ether oxygens (including phenoxy) is 1. The number of hydrogen-bond acceptors (Lipinski definition) is 4. The van der Waals surface area contributed by atoms with Gasteiger partial charge >= 0.3 is 0 Å². The highest BCUT2D eigenvalue weighted by molar-refractivity contribution is 9.10. The molecule has 1 saturated carbocycles. The lowest BCUT2D eigenvalue weighted by Gasteiger charge is -2.12. The van der Waals surface area contributed by atoms with Gasteiger partial charge in [0.15, 0.2) is 0 Å². The fraction of sp³-hybridized carbons (Fsp3) is 0.333. The van der Waals surface area contributed by atoms with Gasteiger partial charge in [-0.2, -0.15) is 4.98 Å². The Hall–Kier alpha value is -1.62. The van der Waals surface area contributed by atoms with E-state index in [-0.39, 0.29) is 0 Å². The summed E-state index contributed by atoms with van der Waals surface area (Å²) in [6, 6.07) is 5.92. The smallest absolute Gasteiger partial charge is 0.227 e. The van der Waals surface area contributed by atoms with Gasteiger partial charge < -0.3 is 10.5 Å². The molecule has 0 amide bonds. The van der Waals surface area contributed by atoms with Gasteiger partial charge in [-0.15, -0.1) is 0 Å². The van der Waals surface area contributed by atoms with E-state index < -0.39 is 0 Å². The third kappa shape index (κ3) is 2.63. The molecule has 1 fully saturated rings. The van der Waals surface area contributed by atoms with Crippen LogP contribution in [0.25, 0.3) is 0 Å². The second kappa shape index (κ2) is 5.05. The molecule has 0 spiro atoms. The van der Waals surface area contributed by atoms with E-state index in [4.69, 9.17) is 10.5 Å². The Morgan fingerprint density at radius 3 is 2.70 bits per heavy atom. The highest BCUT2D eigenvalue weighted by atomic mass is 79.9. The summed E-state index contributed by atoms with van der Waals surface area (Å²) in [4.78, 5) is 8.89. The Balaban J connectivity index is 1.99. The topological polar surface area (TPSA) is 61.0 Å². The van der Waals surface area contributed by atoms with Crippen LogP contribution < -0.4 is 10.5 Å². The van der Waals surface area contributed by atoms with Crippen LogP contribution in [0, 0.1) is 13.8 Å². The molecule has 4 nitrogen and oxygen atoms in total. The molecule has 0 bridgehead atoms. The van der Waals surface area contributed by atoms with E-state index in [0.717, 1.165) is 40.0 Å². The SMILES string of the molecule is Cc1ccc(Br)cc1Oc1nc(C2CC2)nc(N)c1C. The van der Waals surface area contributed by atoms with E-state index in [0.29, 0.717) is 17.6 Å². The summed E-state index contributed by atoms with van der Waals surface area (Å²) in [5.74, 6) is 3.09. The lowest BCUT2D eigenvalue weighted by Crippen LogP contribution is -2.04. The minimum absolute atomic E-state index is 0.448. The Kier molecular flexibility index (Phi) is 3.38. The van der Waals surface area contributed by atoms with E-state index in [1.54, 1.807) is 0 Å². The molecular formula is C15H16BrN3O. The number of aryl methyl sites for hydroxylation is 1. The van der Waals surface area contributed by atoms with Gasteiger partial charge in [-0.05, 0) is 44.4 Å². The molecule has 3 rings (SSSR count). The largest absolute Gasteiger partial charge is 0.438 e. The van der Waals surface area contributed by atoms with Gasteiger partial charge in [-0.3, -0.25) is 0 Å². The summed E-state index contributed by atoms with van der Waals surface area (Å²) in [5, 5.41) is 0. The lowest BCUT2D eigenvalue weighted by molar-refractivity contribution is 0.451. The number of nitrogens with zero attached hydrogens (tertiary/aromatic N) is 2. The Bertz CT molecular complexity index is 668. The van der Waals surface area contributed by atoms with Gasteiger partial charge in [-0.25, -0.2) is 4.98 Å². The zero-order chi connectivity index (χ0) is 14.3. The van der Waals surface area contributed by atoms with Crippen molar-refractivity contribution in [3.8, 4) is 11.6 Å². The number of aromatic nitrogens is 2. The van der Waals surface area contributed by atoms with Crippen LogP contribution in [0.3, 0.4) is 0 Å². The second-order valence-electron chi connectivity index (χ2n) is 5.18. The average Bonchev–Trinajstić information content (AvgIpc) is 3.23. The third-order valence-electron chi connectivity index (χ3n) is 3.46. The number of anilines is 1. The first kappa shape index (κ1) is 13.4. The summed E-state index contributed by atoms with van der Waals surface area (Å²) in [6.07, 6.45) is 2.27. The van der Waals surface area contributed by atoms with Crippen molar-refractivity contribution in [2.75, 3.05) is 5.73 Å². The zero-order valence-electron chi connectivity index (χ0n) is 11.5. The van der Waals surface area contributed by atoms with Crippen molar-refractivity contribution >= 4 is 21.7 Å². The Morgan fingerprint density at radius 2 is 2.00 bits per heavy atom. The normalized spacial score (nSPS) is 14.3. The van der Waals surface area contributed by atoms with Crippen LogP contribution in [0.2, 0.25) is 0 Å². The maximum Gasteiger partial charge on any atom is 0.227 e. The molecule has 0 radical (unpaired) electrons. The zero-order valence-corrected chi connectivity index (χ0v) is 13.1. The first-order valence-corrected chi connectivity index (χ1v) is 7.42. The van der Waals surface area contributed by atoms with Crippen LogP contribution in [0.5, 0.6) is 11.6 Å². The van der Waals surface area contributed by atoms with Crippen LogP contribution in [0.1, 0.15) is 35.7 Å². The summed E-state index contributed by atoms with van der Waals surface area (Å²) in [7, 11) is 0. The van der Waals surface area contributed by atoms with E-state index in [2.05, 4.69) is 25.9 Å². The quantitative estimate of drug-likeness (QED) is 0.918. The molecule has 104 valence electrons. The number of nitrogen functional groups attached to an aromatic ring is 1. The van der Waals surface area contributed by atoms with Crippen LogP contribution in [-0.4, -0.2) is 9.97 Å². The van der Waals surface area contributed by atoms with Crippen molar-refractivity contribution in [3.63, 3.8) is 0 Å². The summed E-state index contributed by atoms with van der Waals surface area (Å²) in [5.41, 5.74) is 7.81. The number of benzene rings is 1. The van der Waals surface area contributed by atoms with Gasteiger partial charge in [0, 0.05) is 10.4 Å². The first-order chi connectivity index (χ1) is 9.54. The monoisotopic (exact) mass is 333 g/mol. The van der Waals surface area contributed by atoms with E-state index in [1.807, 2.05) is 32.0 Å². The fourth-order valence-electron chi connectivity index (χ4n) is 1.94. The molecule has 0 aliphatic heterocycles. The van der Waals surface area contributed by atoms with Crippen LogP contribution in [0.15, 0.2) is 22.7 Å². The molecular weight excluding hydrogens is 318 g/mol. The fourth-order valence-corrected chi connectivity index (χ4v) is 2.28. The average molecular weight is 334 g/mol. The number of hydrogen-bond donors (Lipinski definition) is 1. The molecule has 20 heavy (non-hydrogen) atoms. The van der Waals surface area contributed by atoms with Crippen molar-refractivity contribution in [1.82, 2.24) is 9.97 Å². The summed E-state index contributed by atoms with van der Waals surface area (Å²) < 4.78 is 6.93. The standard InChI is InChI=1S/C15H16BrN3O/c1-8-3-6-11(16)7-12(8)20-15-9(2)13(17)18-14(19-15)10-4-5-10/h3,6-7,10H,4-5H2,1-2H3,(H2,17,18,19). The van der Waals surface area contributed by atoms with E-state index in [9.17, 15) is 0 Å². The molecule has 0 unspecified atom stereocenters. The molecule has 1 aliphatic rings. The first-order valence-electron chi connectivity index (χ1n) is 6.62. The molecule has 1 aromatic carbocycles. The molecule has 1 aliphatic carbocycles. The summed E-state index contributed by atoms with van der Waals surface area (Å²) >= 11 is 3.45. The van der Waals surface area contributed by atoms with Crippen molar-refractivity contribution in [1.29, 1.82) is 0 Å². The number of rotatable bonds is 3. The van der Waals surface area contributed by atoms with Crippen LogP contribution in [0.4, 0.5) is 5.82 Å². The molecule has 0 atom stereocenters. The number of nitrogens with two attached hydrogens (primary N) is 1. The minimum atomic E-state index is 0.448. The highest BCUT2D eigenvalue weighted by Gasteiger charge is 2.28. The predicted molar refractivity (Wildman–Crippen MR) is 82.1 cm³/mol. The van der Waals surface area contributed by atoms with E-state index in [1.165, 1.54) is 0 Å². The molecule has 2 N–H and O–H groups in total. The van der Waals surface area contributed by atoms with Gasteiger partial charge in [0.25, 0.3) is 0 Å². The maximum atomic E-state index is 5.97. The molecule has 2 aromatic rings. The van der Waals surface area contributed by atoms with Gasteiger partial charge in [0.1, 0.15) is 17.4 Å². The van der Waals surface area contributed by atoms with Crippen molar-refractivity contribution < 1.29 is 4.74 Å². The van der Waals surface area contributed by atoms with Crippen molar-refractivity contribution in [2.45, 2.75) is 32.6 Å². The summed E-state index contributed by atoms with van der Waals surface area (Å²) in [6.45, 7) is 3.89. The van der Waals surface area contributed by atoms with E-state index >= 15 is 0 Å². The Labute approximate surface area is 126 Å². The maximum absolute atomic E-state index is 5.97. The van der Waals surface area contributed by atoms with Crippen LogP contribution in [-0.2, 0) is 0 Å². The van der Waals surface area contributed by atoms with Gasteiger partial charge in [0.05, 0.1) is 5.56 Å². The molecule has 1 aromatic heterocycles. The Morgan fingerprint density at radius 1 is 1.25 bits per heavy atom. The minimum Gasteiger partial charge on any atom is -0.438 e. The highest BCUT2D eigenvalue weighted by Crippen LogP contribution is 2.40. The molecule has 0 saturated heterocycles. The van der Waals surface area contributed by atoms with Gasteiger partial charge in [-0.1, -0.05) is 22.0 Å². The van der Waals surface area contributed by atoms with Crippen molar-refractivity contribution in [2.24, 2.45) is 0 Å². The van der Waals surface area contributed by atoms with Crippen molar-refractivity contribution in [3.05, 3.63) is 39.6 Å². The molecule has 5 heteroatoms. The predicted octanol–water partition coefficient (Wildman–Crippen LogP) is 4.11. The van der Waals surface area contributed by atoms with Gasteiger partial charge in [0.2, 0.25) is 5.88 Å².